The van der Waals surface area contributed by atoms with E-state index in [9.17, 15) is 12.8 Å². The molecule has 4 nitrogen and oxygen atoms in total. The molecule has 0 aromatic rings. The quantitative estimate of drug-likeness (QED) is 0.565. The second kappa shape index (κ2) is 5.75. The lowest BCUT2D eigenvalue weighted by Crippen LogP contribution is -2.32. The van der Waals surface area contributed by atoms with Gasteiger partial charge in [0.25, 0.3) is 10.1 Å². The Kier molecular flexibility index (Phi) is 4.85. The highest BCUT2D eigenvalue weighted by molar-refractivity contribution is 7.86. The number of alkyl halides is 1. The zero-order valence-corrected chi connectivity index (χ0v) is 10.6. The van der Waals surface area contributed by atoms with Gasteiger partial charge in [0.2, 0.25) is 5.50 Å². The number of hydrogen-bond acceptors (Lipinski definition) is 3. The fourth-order valence-electron chi connectivity index (χ4n) is 1.64. The molecule has 0 aliphatic heterocycles. The lowest BCUT2D eigenvalue weighted by molar-refractivity contribution is 0.340. The number of hydrogen-bond donors (Lipinski definition) is 2. The molecule has 1 rings (SSSR count). The minimum Gasteiger partial charge on any atom is -0.316 e. The largest absolute Gasteiger partial charge is 0.316 e. The van der Waals surface area contributed by atoms with Crippen molar-refractivity contribution in [3.63, 3.8) is 0 Å². The van der Waals surface area contributed by atoms with Gasteiger partial charge in [0, 0.05) is 18.4 Å². The normalized spacial score (nSPS) is 26.1. The van der Waals surface area contributed by atoms with Crippen molar-refractivity contribution in [2.24, 2.45) is 5.41 Å². The van der Waals surface area contributed by atoms with Crippen LogP contribution in [0.25, 0.3) is 0 Å². The van der Waals surface area contributed by atoms with E-state index in [2.05, 4.69) is 24.4 Å². The van der Waals surface area contributed by atoms with Gasteiger partial charge < -0.3 is 5.32 Å². The first-order valence-corrected chi connectivity index (χ1v) is 6.99. The van der Waals surface area contributed by atoms with Gasteiger partial charge in [-0.05, 0) is 13.0 Å². The van der Waals surface area contributed by atoms with Gasteiger partial charge in [-0.3, -0.25) is 4.55 Å². The van der Waals surface area contributed by atoms with E-state index < -0.39 is 15.6 Å². The molecule has 1 aliphatic rings. The first-order valence-electron chi connectivity index (χ1n) is 5.49. The summed E-state index contributed by atoms with van der Waals surface area (Å²) in [7, 11) is -4.56. The third-order valence-corrected chi connectivity index (χ3v) is 3.61. The van der Waals surface area contributed by atoms with Gasteiger partial charge in [0.1, 0.15) is 0 Å². The summed E-state index contributed by atoms with van der Waals surface area (Å²) in [6.07, 6.45) is 8.70. The summed E-state index contributed by atoms with van der Waals surface area (Å²) < 4.78 is 42.1. The topological polar surface area (TPSA) is 66.4 Å². The standard InChI is InChI=1S/C11H18FNO3S/c1-11(6-3-2-4-7-11)9-13-8-5-10(12)17(14,15)16/h2-4,6,10,13H,5,7-9H2,1H3,(H,14,15,16). The van der Waals surface area contributed by atoms with Gasteiger partial charge in [-0.1, -0.05) is 31.2 Å². The Bertz CT molecular complexity index is 405. The monoisotopic (exact) mass is 263 g/mol. The van der Waals surface area contributed by atoms with Crippen LogP contribution in [0, 0.1) is 5.41 Å². The van der Waals surface area contributed by atoms with Crippen LogP contribution in [0.1, 0.15) is 19.8 Å². The molecule has 0 spiro atoms. The van der Waals surface area contributed by atoms with Crippen molar-refractivity contribution in [1.82, 2.24) is 5.32 Å². The predicted octanol–water partition coefficient (Wildman–Crippen LogP) is 1.67. The van der Waals surface area contributed by atoms with Crippen LogP contribution in [0.15, 0.2) is 24.3 Å². The lowest BCUT2D eigenvalue weighted by Gasteiger charge is -2.26. The average molecular weight is 263 g/mol. The molecular weight excluding hydrogens is 245 g/mol. The molecule has 0 fully saturated rings. The molecule has 6 heteroatoms. The van der Waals surface area contributed by atoms with E-state index in [0.29, 0.717) is 6.54 Å². The van der Waals surface area contributed by atoms with E-state index in [1.165, 1.54) is 0 Å². The van der Waals surface area contributed by atoms with Gasteiger partial charge in [-0.25, -0.2) is 4.39 Å². The Morgan fingerprint density at radius 2 is 2.24 bits per heavy atom. The molecule has 0 saturated carbocycles. The van der Waals surface area contributed by atoms with Crippen LogP contribution < -0.4 is 5.32 Å². The van der Waals surface area contributed by atoms with Gasteiger partial charge in [-0.2, -0.15) is 8.42 Å². The Morgan fingerprint density at radius 1 is 1.53 bits per heavy atom. The second-order valence-corrected chi connectivity index (χ2v) is 6.08. The number of halogens is 1. The van der Waals surface area contributed by atoms with Crippen LogP contribution in [0.2, 0.25) is 0 Å². The van der Waals surface area contributed by atoms with Crippen LogP contribution >= 0.6 is 0 Å². The third kappa shape index (κ3) is 4.97. The molecular formula is C11H18FNO3S. The van der Waals surface area contributed by atoms with E-state index in [1.807, 2.05) is 12.2 Å². The number of allylic oxidation sites excluding steroid dienone is 3. The first kappa shape index (κ1) is 14.3. The van der Waals surface area contributed by atoms with E-state index in [-0.39, 0.29) is 18.4 Å². The Hall–Kier alpha value is -0.720. The average Bonchev–Trinajstić information content (AvgIpc) is 2.24. The zero-order chi connectivity index (χ0) is 12.9. The highest BCUT2D eigenvalue weighted by Crippen LogP contribution is 2.25. The second-order valence-electron chi connectivity index (χ2n) is 4.54. The minimum atomic E-state index is -4.56. The van der Waals surface area contributed by atoms with Crippen LogP contribution in [-0.2, 0) is 10.1 Å². The molecule has 0 saturated heterocycles. The molecule has 0 amide bonds. The molecule has 0 heterocycles. The molecule has 17 heavy (non-hydrogen) atoms. The summed E-state index contributed by atoms with van der Waals surface area (Å²) in [5, 5.41) is 3.00. The van der Waals surface area contributed by atoms with Gasteiger partial charge in [0.05, 0.1) is 0 Å². The summed E-state index contributed by atoms with van der Waals surface area (Å²) in [5.41, 5.74) is -2.22. The molecule has 98 valence electrons. The maximum absolute atomic E-state index is 12.9. The summed E-state index contributed by atoms with van der Waals surface area (Å²) >= 11 is 0. The molecule has 2 unspecified atom stereocenters. The molecule has 0 radical (unpaired) electrons. The fourth-order valence-corrected chi connectivity index (χ4v) is 2.06. The maximum Gasteiger partial charge on any atom is 0.297 e. The first-order chi connectivity index (χ1) is 7.83. The van der Waals surface area contributed by atoms with Crippen LogP contribution in [-0.4, -0.2) is 31.6 Å². The van der Waals surface area contributed by atoms with Crippen molar-refractivity contribution < 1.29 is 17.4 Å². The zero-order valence-electron chi connectivity index (χ0n) is 9.77. The summed E-state index contributed by atoms with van der Waals surface area (Å²) in [5.74, 6) is 0. The maximum atomic E-state index is 12.9. The molecule has 0 aromatic carbocycles. The van der Waals surface area contributed by atoms with Gasteiger partial charge in [0.15, 0.2) is 0 Å². The molecule has 2 N–H and O–H groups in total. The Morgan fingerprint density at radius 3 is 2.76 bits per heavy atom. The SMILES string of the molecule is CC1(CNCCC(F)S(=O)(=O)O)C=CC=CC1. The van der Waals surface area contributed by atoms with E-state index in [1.54, 1.807) is 0 Å². The van der Waals surface area contributed by atoms with Crippen LogP contribution in [0.3, 0.4) is 0 Å². The number of rotatable bonds is 6. The van der Waals surface area contributed by atoms with Crippen molar-refractivity contribution in [2.45, 2.75) is 25.3 Å². The van der Waals surface area contributed by atoms with Crippen molar-refractivity contribution >= 4 is 10.1 Å². The molecule has 2 atom stereocenters. The van der Waals surface area contributed by atoms with Crippen molar-refractivity contribution in [2.75, 3.05) is 13.1 Å². The van der Waals surface area contributed by atoms with Crippen LogP contribution in [0.4, 0.5) is 4.39 Å². The van der Waals surface area contributed by atoms with E-state index >= 15 is 0 Å². The van der Waals surface area contributed by atoms with Crippen molar-refractivity contribution in [3.8, 4) is 0 Å². The van der Waals surface area contributed by atoms with E-state index in [4.69, 9.17) is 4.55 Å². The Labute approximate surface area is 101 Å². The fraction of sp³-hybridized carbons (Fsp3) is 0.636. The highest BCUT2D eigenvalue weighted by Gasteiger charge is 2.23. The van der Waals surface area contributed by atoms with E-state index in [0.717, 1.165) is 6.42 Å². The number of nitrogens with one attached hydrogen (secondary N) is 1. The van der Waals surface area contributed by atoms with Crippen LogP contribution in [0.5, 0.6) is 0 Å². The smallest absolute Gasteiger partial charge is 0.297 e. The lowest BCUT2D eigenvalue weighted by atomic mass is 9.84. The molecule has 0 bridgehead atoms. The summed E-state index contributed by atoms with van der Waals surface area (Å²) in [6.45, 7) is 2.93. The summed E-state index contributed by atoms with van der Waals surface area (Å²) in [4.78, 5) is 0. The predicted molar refractivity (Wildman–Crippen MR) is 64.9 cm³/mol. The molecule has 1 aliphatic carbocycles. The minimum absolute atomic E-state index is 0.0152. The summed E-state index contributed by atoms with van der Waals surface area (Å²) in [6, 6.07) is 0. The Balaban J connectivity index is 2.25. The van der Waals surface area contributed by atoms with Crippen molar-refractivity contribution in [3.05, 3.63) is 24.3 Å². The third-order valence-electron chi connectivity index (χ3n) is 2.73. The van der Waals surface area contributed by atoms with Gasteiger partial charge >= 0.3 is 0 Å². The van der Waals surface area contributed by atoms with Gasteiger partial charge in [-0.15, -0.1) is 0 Å². The molecule has 0 aromatic heterocycles. The highest BCUT2D eigenvalue weighted by atomic mass is 32.2. The van der Waals surface area contributed by atoms with Crippen molar-refractivity contribution in [1.29, 1.82) is 0 Å².